The second-order valence-corrected chi connectivity index (χ2v) is 1.83. The minimum Gasteiger partial charge on any atom is -0.547 e. The topological polar surface area (TPSA) is 16.1 Å². The molecular formula is C7H8N2Y-2. The molecule has 0 aliphatic rings. The van der Waals surface area contributed by atoms with E-state index in [2.05, 4.69) is 18.2 Å². The number of hydrogen-bond donors (Lipinski definition) is 0. The fourth-order valence-electron chi connectivity index (χ4n) is 0.530. The largest absolute Gasteiger partial charge is 0.547 e. The minimum absolute atomic E-state index is 0. The molecule has 0 fully saturated rings. The van der Waals surface area contributed by atoms with E-state index in [1.54, 1.807) is 11.1 Å². The van der Waals surface area contributed by atoms with Crippen LogP contribution in [0.3, 0.4) is 0 Å². The number of anilines is 1. The predicted molar refractivity (Wildman–Crippen MR) is 36.8 cm³/mol. The van der Waals surface area contributed by atoms with Gasteiger partial charge in [0.25, 0.3) is 0 Å². The van der Waals surface area contributed by atoms with Crippen LogP contribution < -0.4 is 4.90 Å². The van der Waals surface area contributed by atoms with Gasteiger partial charge in [-0.15, -0.1) is 6.07 Å². The van der Waals surface area contributed by atoms with Crippen LogP contribution in [0.1, 0.15) is 0 Å². The molecule has 0 bridgehead atoms. The molecular weight excluding hydrogens is 201 g/mol. The molecule has 0 amide bonds. The summed E-state index contributed by atoms with van der Waals surface area (Å²) in [5, 5.41) is 0. The smallest absolute Gasteiger partial charge is 0 e. The number of rotatable bonds is 1. The van der Waals surface area contributed by atoms with Crippen LogP contribution in [0.2, 0.25) is 0 Å². The molecule has 0 saturated heterocycles. The molecule has 51 valence electrons. The van der Waals surface area contributed by atoms with E-state index in [-0.39, 0.29) is 32.7 Å². The zero-order chi connectivity index (χ0) is 6.69. The van der Waals surface area contributed by atoms with E-state index in [1.807, 2.05) is 19.2 Å². The zero-order valence-electron chi connectivity index (χ0n) is 5.91. The molecule has 0 saturated carbocycles. The minimum atomic E-state index is 0. The molecule has 0 spiro atoms. The number of hydrogen-bond acceptors (Lipinski definition) is 2. The van der Waals surface area contributed by atoms with Gasteiger partial charge in [0.15, 0.2) is 0 Å². The Kier molecular flexibility index (Phi) is 4.83. The summed E-state index contributed by atoms with van der Waals surface area (Å²) in [6.45, 7) is 0. The normalized spacial score (nSPS) is 8.20. The summed E-state index contributed by atoms with van der Waals surface area (Å²) in [6, 6.07) is 3.76. The summed E-state index contributed by atoms with van der Waals surface area (Å²) < 4.78 is 0. The van der Waals surface area contributed by atoms with E-state index in [4.69, 9.17) is 0 Å². The molecule has 1 aromatic heterocycles. The van der Waals surface area contributed by atoms with Gasteiger partial charge < -0.3 is 9.88 Å². The first kappa shape index (κ1) is 10.1. The van der Waals surface area contributed by atoms with Gasteiger partial charge in [0.2, 0.25) is 0 Å². The maximum Gasteiger partial charge on any atom is 0 e. The Labute approximate surface area is 86.5 Å². The second-order valence-electron chi connectivity index (χ2n) is 1.83. The van der Waals surface area contributed by atoms with E-state index < -0.39 is 0 Å². The van der Waals surface area contributed by atoms with Crippen molar-refractivity contribution in [1.29, 1.82) is 0 Å². The molecule has 0 atom stereocenters. The molecule has 0 unspecified atom stereocenters. The third-order valence-electron chi connectivity index (χ3n) is 1.01. The van der Waals surface area contributed by atoms with Crippen molar-refractivity contribution in [3.8, 4) is 0 Å². The third-order valence-corrected chi connectivity index (χ3v) is 1.01. The maximum absolute atomic E-state index is 3.80. The van der Waals surface area contributed by atoms with E-state index in [0.29, 0.717) is 0 Å². The van der Waals surface area contributed by atoms with Crippen LogP contribution in [0.4, 0.5) is 5.69 Å². The van der Waals surface area contributed by atoms with Crippen LogP contribution in [-0.4, -0.2) is 12.0 Å². The van der Waals surface area contributed by atoms with Gasteiger partial charge in [0.1, 0.15) is 0 Å². The Morgan fingerprint density at radius 1 is 1.70 bits per heavy atom. The van der Waals surface area contributed by atoms with Crippen molar-refractivity contribution in [3.05, 3.63) is 31.6 Å². The first-order valence-corrected chi connectivity index (χ1v) is 2.67. The van der Waals surface area contributed by atoms with Gasteiger partial charge in [-0.05, 0) is 7.05 Å². The van der Waals surface area contributed by atoms with Crippen LogP contribution in [0.5, 0.6) is 0 Å². The molecule has 1 heterocycles. The van der Waals surface area contributed by atoms with Crippen LogP contribution in [0.15, 0.2) is 18.3 Å². The van der Waals surface area contributed by atoms with Crippen molar-refractivity contribution in [2.45, 2.75) is 0 Å². The molecule has 0 aliphatic carbocycles. The number of nitrogens with zero attached hydrogens (tertiary/aromatic N) is 2. The molecule has 1 radical (unpaired) electrons. The Balaban J connectivity index is 0.000000810. The van der Waals surface area contributed by atoms with Crippen molar-refractivity contribution in [3.63, 3.8) is 0 Å². The Morgan fingerprint density at radius 2 is 2.40 bits per heavy atom. The van der Waals surface area contributed by atoms with Crippen molar-refractivity contribution in [2.24, 2.45) is 0 Å². The summed E-state index contributed by atoms with van der Waals surface area (Å²) in [5.74, 6) is 0. The van der Waals surface area contributed by atoms with Crippen molar-refractivity contribution < 1.29 is 32.7 Å². The number of pyridine rings is 1. The molecule has 2 nitrogen and oxygen atoms in total. The molecule has 1 aromatic rings. The quantitative estimate of drug-likeness (QED) is 0.644. The van der Waals surface area contributed by atoms with Crippen molar-refractivity contribution >= 4 is 5.69 Å². The Morgan fingerprint density at radius 3 is 2.70 bits per heavy atom. The number of aromatic nitrogens is 1. The fourth-order valence-corrected chi connectivity index (χ4v) is 0.530. The van der Waals surface area contributed by atoms with E-state index in [9.17, 15) is 0 Å². The summed E-state index contributed by atoms with van der Waals surface area (Å²) >= 11 is 0. The average molecular weight is 209 g/mol. The van der Waals surface area contributed by atoms with Gasteiger partial charge in [-0.2, -0.15) is 6.07 Å². The SMILES string of the molecule is [CH2-]N(C)c1[c-]nccc1.[Y]. The van der Waals surface area contributed by atoms with Crippen LogP contribution in [-0.2, 0) is 32.7 Å². The van der Waals surface area contributed by atoms with Gasteiger partial charge in [-0.25, -0.2) is 0 Å². The molecule has 0 aromatic carbocycles. The first-order valence-electron chi connectivity index (χ1n) is 2.67. The fraction of sp³-hybridized carbons (Fsp3) is 0.143. The summed E-state index contributed by atoms with van der Waals surface area (Å²) in [6.07, 6.45) is 4.47. The zero-order valence-corrected chi connectivity index (χ0v) is 8.75. The van der Waals surface area contributed by atoms with Crippen LogP contribution in [0.25, 0.3) is 0 Å². The van der Waals surface area contributed by atoms with Crippen molar-refractivity contribution in [1.82, 2.24) is 4.98 Å². The Bertz CT molecular complexity index is 174. The third kappa shape index (κ3) is 2.76. The average Bonchev–Trinajstić information content (AvgIpc) is 1.90. The monoisotopic (exact) mass is 209 g/mol. The summed E-state index contributed by atoms with van der Waals surface area (Å²) in [5.41, 5.74) is 0.900. The van der Waals surface area contributed by atoms with Crippen LogP contribution in [0, 0.1) is 13.2 Å². The second kappa shape index (κ2) is 4.81. The molecule has 0 N–H and O–H groups in total. The van der Waals surface area contributed by atoms with E-state index >= 15 is 0 Å². The van der Waals surface area contributed by atoms with Gasteiger partial charge in [-0.1, -0.05) is 18.1 Å². The molecule has 0 aliphatic heterocycles. The summed E-state index contributed by atoms with van der Waals surface area (Å²) in [7, 11) is 5.53. The summed E-state index contributed by atoms with van der Waals surface area (Å²) in [4.78, 5) is 5.51. The van der Waals surface area contributed by atoms with E-state index in [1.165, 1.54) is 0 Å². The molecule has 3 heteroatoms. The Hall–Kier alpha value is 0.0539. The van der Waals surface area contributed by atoms with Gasteiger partial charge in [0, 0.05) is 32.7 Å². The maximum atomic E-state index is 3.80. The van der Waals surface area contributed by atoms with E-state index in [0.717, 1.165) is 5.69 Å². The van der Waals surface area contributed by atoms with Gasteiger partial charge in [-0.3, -0.25) is 7.05 Å². The van der Waals surface area contributed by atoms with Gasteiger partial charge in [0.05, 0.1) is 0 Å². The predicted octanol–water partition coefficient (Wildman–Crippen LogP) is 1.11. The molecule has 1 rings (SSSR count). The van der Waals surface area contributed by atoms with Gasteiger partial charge >= 0.3 is 0 Å². The standard InChI is InChI=1S/C7H8N2.Y/c1-9(2)7-4-3-5-8-6-7;/h3-5H,1H2,2H3;/q-2;. The van der Waals surface area contributed by atoms with Crippen molar-refractivity contribution in [2.75, 3.05) is 11.9 Å². The van der Waals surface area contributed by atoms with Crippen LogP contribution >= 0.6 is 0 Å². The first-order chi connectivity index (χ1) is 4.30. The molecule has 10 heavy (non-hydrogen) atoms.